The summed E-state index contributed by atoms with van der Waals surface area (Å²) in [4.78, 5) is 66.7. The summed E-state index contributed by atoms with van der Waals surface area (Å²) in [6.07, 6.45) is 28.2. The van der Waals surface area contributed by atoms with Crippen LogP contribution in [0.3, 0.4) is 0 Å². The summed E-state index contributed by atoms with van der Waals surface area (Å²) in [7, 11) is 0.371. The van der Waals surface area contributed by atoms with Crippen molar-refractivity contribution in [3.05, 3.63) is 274 Å². The van der Waals surface area contributed by atoms with Gasteiger partial charge in [-0.3, -0.25) is 44.1 Å². The number of hydrogen-bond acceptors (Lipinski definition) is 16. The maximum Gasteiger partial charge on any atom is 2.00 e. The van der Waals surface area contributed by atoms with E-state index in [4.69, 9.17) is 46.8 Å². The summed E-state index contributed by atoms with van der Waals surface area (Å²) in [5.41, 5.74) is 19.0. The van der Waals surface area contributed by atoms with Gasteiger partial charge in [-0.25, -0.2) is 4.39 Å². The molecule has 2 atom stereocenters. The van der Waals surface area contributed by atoms with Crippen LogP contribution in [-0.2, 0) is 101 Å². The van der Waals surface area contributed by atoms with Gasteiger partial charge in [0.25, 0.3) is 5.91 Å². The van der Waals surface area contributed by atoms with Crippen molar-refractivity contribution in [1.29, 1.82) is 0 Å². The monoisotopic (exact) mass is 1670 g/mol. The number of methoxy groups -OCH3 is 2. The number of aromatic nitrogens is 4. The maximum atomic E-state index is 14.4. The third kappa shape index (κ3) is 26.8. The van der Waals surface area contributed by atoms with Crippen LogP contribution in [0.2, 0.25) is 0 Å². The van der Waals surface area contributed by atoms with Crippen LogP contribution in [0, 0.1) is 0 Å². The zero-order valence-corrected chi connectivity index (χ0v) is 74.3. The number of unbranched alkanes of at least 4 members (excludes halogenated alkanes) is 6. The number of amides is 2. The van der Waals surface area contributed by atoms with Crippen molar-refractivity contribution < 1.29 is 69.7 Å². The van der Waals surface area contributed by atoms with Gasteiger partial charge in [0.2, 0.25) is 11.6 Å². The molecule has 0 radical (unpaired) electrons. The number of allylic oxidation sites excluding steroid dienone is 8. The number of anilines is 1. The number of pyridine rings is 4. The molecule has 1 aliphatic carbocycles. The molecule has 0 spiro atoms. The van der Waals surface area contributed by atoms with Gasteiger partial charge in [0.15, 0.2) is 17.7 Å². The molecule has 2 amide bonds. The number of carbonyl (C=O) groups is 3. The average molecular weight is 1670 g/mol. The number of Topliss-reactive ketones (excluding diaryl/α,β-unsaturated/α-hetero) is 1. The molecular formula is C96H118FN10O9SZn+3. The minimum Gasteiger partial charge on any atom is -0.497 e. The van der Waals surface area contributed by atoms with Gasteiger partial charge >= 0.3 is 30.1 Å². The molecule has 8 aromatic rings. The molecule has 1 unspecified atom stereocenters. The van der Waals surface area contributed by atoms with Crippen molar-refractivity contribution in [2.24, 2.45) is 0 Å². The third-order valence-electron chi connectivity index (χ3n) is 22.1. The fourth-order valence-electron chi connectivity index (χ4n) is 16.0. The standard InChI is InChI=1S/C96H117FN10O6.O3S.Zn/c1-10-12-26-57-107-88-47-45-82(112-9)63-85(88)96(6,7)91(107)49-43-75-30-28-29-74(42-48-90-95(4,5)84-62-81(111-8)44-46-87(84)106(90)56-13-11-2)93(75)76-40-37-71(38-41-76)39-50-92(109)103-86(35-20-25-55-102-94(110)70(3)97)89(108)36-15-14-27-58-113-83-60-72(64-104(66-77-31-16-21-51-98-77)67-78-32-17-22-52-99-78)59-73(61-83)65-105(68-79-33-18-23-53-100-79)69-80-34-19-24-54-101-80;1-4(2)3;/h16-19,21-24,31-34,37-38,40-49,51-54,59-63,70,86H,10-15,20,25-30,35-36,39,50,55-58,64-69H2,1-9H3,(H-,102,103,109,110);;/q;;+2/p+1/t70?,86-;;/m0../s1/i97-1;;. The van der Waals surface area contributed by atoms with Crippen LogP contribution >= 0.6 is 0 Å². The van der Waals surface area contributed by atoms with E-state index in [9.17, 15) is 18.8 Å². The Labute approximate surface area is 712 Å². The van der Waals surface area contributed by atoms with E-state index in [0.29, 0.717) is 84.4 Å². The Morgan fingerprint density at radius 1 is 0.602 bits per heavy atom. The first kappa shape index (κ1) is 91.9. The zero-order chi connectivity index (χ0) is 83.1. The van der Waals surface area contributed by atoms with E-state index in [-0.39, 0.29) is 61.4 Å². The number of hydrogen-bond donors (Lipinski definition) is 2. The molecular weight excluding hydrogens is 1550 g/mol. The van der Waals surface area contributed by atoms with Crippen LogP contribution in [0.5, 0.6) is 17.2 Å². The average Bonchev–Trinajstić information content (AvgIpc) is 1.59. The summed E-state index contributed by atoms with van der Waals surface area (Å²) in [5, 5.41) is 5.81. The van der Waals surface area contributed by atoms with Crippen LogP contribution in [-0.4, -0.2) is 123 Å². The second-order valence-electron chi connectivity index (χ2n) is 31.7. The molecule has 19 nitrogen and oxygen atoms in total. The number of halogens is 1. The predicted molar refractivity (Wildman–Crippen MR) is 462 cm³/mol. The van der Waals surface area contributed by atoms with Crippen molar-refractivity contribution in [2.45, 2.75) is 220 Å². The van der Waals surface area contributed by atoms with Crippen molar-refractivity contribution in [1.82, 2.24) is 40.4 Å². The van der Waals surface area contributed by atoms with E-state index in [1.165, 1.54) is 57.6 Å². The molecule has 618 valence electrons. The predicted octanol–water partition coefficient (Wildman–Crippen LogP) is 18.1. The van der Waals surface area contributed by atoms with Crippen LogP contribution in [0.15, 0.2) is 218 Å². The topological polar surface area (TPSA) is 218 Å². The molecule has 118 heavy (non-hydrogen) atoms. The Kier molecular flexibility index (Phi) is 36.1. The van der Waals surface area contributed by atoms with Crippen molar-refractivity contribution in [3.8, 4) is 17.2 Å². The van der Waals surface area contributed by atoms with Gasteiger partial charge in [0.1, 0.15) is 23.8 Å². The molecule has 11 rings (SSSR count). The smallest absolute Gasteiger partial charge is 0.497 e. The molecule has 0 fully saturated rings. The number of benzene rings is 4. The van der Waals surface area contributed by atoms with Gasteiger partial charge in [0.05, 0.1) is 55.1 Å². The number of aryl methyl sites for hydroxylation is 1. The van der Waals surface area contributed by atoms with Crippen LogP contribution in [0.1, 0.15) is 207 Å². The van der Waals surface area contributed by atoms with Gasteiger partial charge in [0, 0.05) is 131 Å². The number of nitrogens with one attached hydrogen (secondary N) is 2. The Hall–Kier alpha value is -9.99. The summed E-state index contributed by atoms with van der Waals surface area (Å²) in [6, 6.07) is 51.7. The number of rotatable bonds is 43. The van der Waals surface area contributed by atoms with Gasteiger partial charge in [-0.2, -0.15) is 4.58 Å². The van der Waals surface area contributed by atoms with Gasteiger partial charge < -0.3 is 29.7 Å². The summed E-state index contributed by atoms with van der Waals surface area (Å²) in [5.74, 6) is 1.59. The Bertz CT molecular complexity index is 4680. The molecule has 4 aromatic heterocycles. The number of ketones is 1. The SMILES string of the molecule is CCCCC[N+]1=C(/C=C/C2=C(c3ccc(CCC(=O)N[C@@H](CCCCNC(=O)C(C)[18F])C(=O)CCCCCOc4cc(CN(Cc5ccccn5)Cc5ccccn5)cc(CN(Cc5ccccn5)Cc5ccccn5)c4)cc3)C(=C/C=C3/N(CCCC)c4ccc(OC)cc4C3(C)C)/CCC2)C(C)(C)c2cc(OC)ccc21.O=S(=O)=O.[Zn+2]. The normalized spacial score (nSPS) is 15.2. The van der Waals surface area contributed by atoms with Gasteiger partial charge in [-0.05, 0) is 239 Å². The summed E-state index contributed by atoms with van der Waals surface area (Å²) < 4.78 is 59.9. The number of nitrogens with zero attached hydrogens (tertiary/aromatic N) is 8. The van der Waals surface area contributed by atoms with E-state index in [0.717, 1.165) is 133 Å². The molecule has 4 aromatic carbocycles. The van der Waals surface area contributed by atoms with Gasteiger partial charge in [-0.1, -0.05) is 107 Å². The molecule has 0 saturated carbocycles. The summed E-state index contributed by atoms with van der Waals surface area (Å²) >= 11 is 0. The maximum absolute atomic E-state index is 14.4. The van der Waals surface area contributed by atoms with Crippen molar-refractivity contribution in [3.63, 3.8) is 0 Å². The van der Waals surface area contributed by atoms with Gasteiger partial charge in [-0.15, -0.1) is 12.6 Å². The fourth-order valence-corrected chi connectivity index (χ4v) is 16.0. The van der Waals surface area contributed by atoms with Crippen molar-refractivity contribution in [2.75, 3.05) is 45.4 Å². The minimum atomic E-state index is -3.11. The van der Waals surface area contributed by atoms with Crippen molar-refractivity contribution >= 4 is 50.9 Å². The molecule has 2 N–H and O–H groups in total. The third-order valence-corrected chi connectivity index (χ3v) is 22.1. The molecule has 22 heteroatoms. The quantitative estimate of drug-likeness (QED) is 0.0206. The van der Waals surface area contributed by atoms with E-state index in [2.05, 4.69) is 199 Å². The molecule has 2 aliphatic heterocycles. The molecule has 0 saturated heterocycles. The number of ether oxygens (including phenoxy) is 3. The first-order valence-corrected chi connectivity index (χ1v) is 42.7. The molecule has 6 heterocycles. The Morgan fingerprint density at radius 3 is 1.73 bits per heavy atom. The van der Waals surface area contributed by atoms with E-state index >= 15 is 0 Å². The van der Waals surface area contributed by atoms with Crippen LogP contribution in [0.25, 0.3) is 5.57 Å². The number of carbonyl (C=O) groups excluding carboxylic acids is 3. The van der Waals surface area contributed by atoms with E-state index in [1.54, 1.807) is 14.2 Å². The molecule has 3 aliphatic rings. The Balaban J connectivity index is 0.00000310. The first-order valence-electron chi connectivity index (χ1n) is 41.7. The second-order valence-corrected chi connectivity index (χ2v) is 32.1. The number of fused-ring (bicyclic) bond motifs is 2. The zero-order valence-electron chi connectivity index (χ0n) is 70.5. The Morgan fingerprint density at radius 2 is 1.18 bits per heavy atom. The van der Waals surface area contributed by atoms with E-state index in [1.807, 2.05) is 73.3 Å². The first-order chi connectivity index (χ1) is 56.6. The van der Waals surface area contributed by atoms with Crippen LogP contribution in [0.4, 0.5) is 15.8 Å². The minimum absolute atomic E-state index is 0. The van der Waals surface area contributed by atoms with Crippen LogP contribution < -0.4 is 29.7 Å². The fraction of sp³-hybridized carbons (Fsp3) is 0.417. The largest absolute Gasteiger partial charge is 2.00 e. The summed E-state index contributed by atoms with van der Waals surface area (Å²) in [6.45, 7) is 21.4. The molecule has 0 bridgehead atoms. The number of alkyl halides is 1. The second kappa shape index (κ2) is 46.4. The van der Waals surface area contributed by atoms with E-state index < -0.39 is 28.7 Å².